The maximum absolute atomic E-state index is 12.1. The minimum absolute atomic E-state index is 0.292. The molecular weight excluding hydrogens is 202 g/mol. The summed E-state index contributed by atoms with van der Waals surface area (Å²) >= 11 is 0. The predicted octanol–water partition coefficient (Wildman–Crippen LogP) is 1.94. The van der Waals surface area contributed by atoms with Crippen molar-refractivity contribution in [2.75, 3.05) is 6.54 Å². The van der Waals surface area contributed by atoms with Crippen molar-refractivity contribution in [1.82, 2.24) is 4.90 Å². The smallest absolute Gasteiger partial charge is 0.223 e. The van der Waals surface area contributed by atoms with Gasteiger partial charge in [0.15, 0.2) is 0 Å². The van der Waals surface area contributed by atoms with Crippen LogP contribution in [0.1, 0.15) is 51.9 Å². The maximum Gasteiger partial charge on any atom is 0.223 e. The molecule has 3 heteroatoms. The maximum atomic E-state index is 12.1. The van der Waals surface area contributed by atoms with Gasteiger partial charge in [0.2, 0.25) is 5.91 Å². The van der Waals surface area contributed by atoms with Crippen LogP contribution in [0.5, 0.6) is 0 Å². The molecule has 1 heterocycles. The summed E-state index contributed by atoms with van der Waals surface area (Å²) in [6.07, 6.45) is 7.08. The molecule has 2 unspecified atom stereocenters. The Labute approximate surface area is 97.8 Å². The van der Waals surface area contributed by atoms with Gasteiger partial charge in [-0.15, -0.1) is 0 Å². The predicted molar refractivity (Wildman–Crippen MR) is 63.0 cm³/mol. The lowest BCUT2D eigenvalue weighted by molar-refractivity contribution is -0.135. The van der Waals surface area contributed by atoms with Crippen LogP contribution in [0.25, 0.3) is 0 Å². The summed E-state index contributed by atoms with van der Waals surface area (Å²) in [5.41, 5.74) is 0. The average Bonchev–Trinajstić information content (AvgIpc) is 3.01. The van der Waals surface area contributed by atoms with E-state index in [4.69, 9.17) is 0 Å². The highest BCUT2D eigenvalue weighted by Crippen LogP contribution is 2.34. The second kappa shape index (κ2) is 5.17. The molecule has 1 saturated carbocycles. The molecule has 0 spiro atoms. The number of nitrogens with zero attached hydrogens (tertiary/aromatic N) is 1. The highest BCUT2D eigenvalue weighted by atomic mass is 16.3. The largest absolute Gasteiger partial charge is 0.393 e. The molecule has 0 aromatic heterocycles. The zero-order valence-electron chi connectivity index (χ0n) is 10.2. The second-order valence-electron chi connectivity index (χ2n) is 5.47. The van der Waals surface area contributed by atoms with E-state index in [9.17, 15) is 9.90 Å². The van der Waals surface area contributed by atoms with Crippen LogP contribution in [0.15, 0.2) is 0 Å². The lowest BCUT2D eigenvalue weighted by atomic mass is 9.96. The van der Waals surface area contributed by atoms with Gasteiger partial charge in [-0.25, -0.2) is 0 Å². The molecule has 1 aliphatic carbocycles. The molecule has 2 aliphatic rings. The molecule has 16 heavy (non-hydrogen) atoms. The minimum atomic E-state index is -0.292. The number of aliphatic hydroxyl groups excluding tert-OH is 1. The summed E-state index contributed by atoms with van der Waals surface area (Å²) in [6, 6.07) is 0.292. The molecular formula is C13H23NO2. The Morgan fingerprint density at radius 2 is 2.12 bits per heavy atom. The van der Waals surface area contributed by atoms with Crippen LogP contribution in [-0.4, -0.2) is 34.6 Å². The van der Waals surface area contributed by atoms with Gasteiger partial charge in [-0.05, 0) is 51.4 Å². The molecule has 0 bridgehead atoms. The van der Waals surface area contributed by atoms with Crippen molar-refractivity contribution in [1.29, 1.82) is 0 Å². The third-order valence-electron chi connectivity index (χ3n) is 3.72. The first-order chi connectivity index (χ1) is 7.66. The van der Waals surface area contributed by atoms with E-state index in [1.807, 2.05) is 11.8 Å². The average molecular weight is 225 g/mol. The van der Waals surface area contributed by atoms with Crippen LogP contribution in [0.4, 0.5) is 0 Å². The number of hydrogen-bond donors (Lipinski definition) is 1. The highest BCUT2D eigenvalue weighted by molar-refractivity contribution is 5.77. The topological polar surface area (TPSA) is 40.5 Å². The molecule has 0 radical (unpaired) electrons. The quantitative estimate of drug-likeness (QED) is 0.794. The Morgan fingerprint density at radius 1 is 1.38 bits per heavy atom. The first-order valence-corrected chi connectivity index (χ1v) is 6.64. The van der Waals surface area contributed by atoms with Crippen LogP contribution in [0.3, 0.4) is 0 Å². The SMILES string of the molecule is CC(O)CC1CCCCN1C(=O)CC1CC1. The number of carbonyl (C=O) groups excluding carboxylic acids is 1. The molecule has 92 valence electrons. The molecule has 2 rings (SSSR count). The molecule has 1 saturated heterocycles. The summed E-state index contributed by atoms with van der Waals surface area (Å²) in [5.74, 6) is 0.995. The fourth-order valence-electron chi connectivity index (χ4n) is 2.65. The third kappa shape index (κ3) is 3.21. The number of amides is 1. The second-order valence-corrected chi connectivity index (χ2v) is 5.47. The summed E-state index contributed by atoms with van der Waals surface area (Å²) in [5, 5.41) is 9.46. The lowest BCUT2D eigenvalue weighted by Gasteiger charge is -2.36. The summed E-state index contributed by atoms with van der Waals surface area (Å²) in [4.78, 5) is 14.1. The van der Waals surface area contributed by atoms with E-state index in [1.54, 1.807) is 0 Å². The molecule has 0 aromatic carbocycles. The van der Waals surface area contributed by atoms with Gasteiger partial charge in [0.1, 0.15) is 0 Å². The van der Waals surface area contributed by atoms with Crippen LogP contribution >= 0.6 is 0 Å². The number of likely N-dealkylation sites (tertiary alicyclic amines) is 1. The van der Waals surface area contributed by atoms with Gasteiger partial charge in [-0.2, -0.15) is 0 Å². The normalized spacial score (nSPS) is 27.9. The van der Waals surface area contributed by atoms with E-state index < -0.39 is 0 Å². The zero-order chi connectivity index (χ0) is 11.5. The summed E-state index contributed by atoms with van der Waals surface area (Å²) in [6.45, 7) is 2.72. The Kier molecular flexibility index (Phi) is 3.85. The van der Waals surface area contributed by atoms with E-state index in [2.05, 4.69) is 0 Å². The number of hydrogen-bond acceptors (Lipinski definition) is 2. The van der Waals surface area contributed by atoms with Crippen molar-refractivity contribution in [2.24, 2.45) is 5.92 Å². The Bertz CT molecular complexity index is 248. The van der Waals surface area contributed by atoms with E-state index in [1.165, 1.54) is 19.3 Å². The molecule has 1 amide bonds. The fourth-order valence-corrected chi connectivity index (χ4v) is 2.65. The number of carbonyl (C=O) groups is 1. The first kappa shape index (κ1) is 11.9. The van der Waals surface area contributed by atoms with Crippen molar-refractivity contribution in [3.05, 3.63) is 0 Å². The number of rotatable bonds is 4. The van der Waals surface area contributed by atoms with Gasteiger partial charge in [-0.1, -0.05) is 0 Å². The van der Waals surface area contributed by atoms with Crippen molar-refractivity contribution in [2.45, 2.75) is 64.0 Å². The van der Waals surface area contributed by atoms with Gasteiger partial charge in [0.05, 0.1) is 6.10 Å². The van der Waals surface area contributed by atoms with Crippen LogP contribution < -0.4 is 0 Å². The molecule has 1 N–H and O–H groups in total. The van der Waals surface area contributed by atoms with Crippen molar-refractivity contribution >= 4 is 5.91 Å². The molecule has 3 nitrogen and oxygen atoms in total. The van der Waals surface area contributed by atoms with E-state index >= 15 is 0 Å². The van der Waals surface area contributed by atoms with Gasteiger partial charge < -0.3 is 10.0 Å². The Hall–Kier alpha value is -0.570. The van der Waals surface area contributed by atoms with E-state index in [0.29, 0.717) is 17.9 Å². The van der Waals surface area contributed by atoms with Crippen molar-refractivity contribution in [3.8, 4) is 0 Å². The summed E-state index contributed by atoms with van der Waals surface area (Å²) in [7, 11) is 0. The van der Waals surface area contributed by atoms with E-state index in [-0.39, 0.29) is 6.10 Å². The van der Waals surface area contributed by atoms with Crippen LogP contribution in [0, 0.1) is 5.92 Å². The number of aliphatic hydroxyl groups is 1. The van der Waals surface area contributed by atoms with Gasteiger partial charge in [0, 0.05) is 19.0 Å². The van der Waals surface area contributed by atoms with Crippen molar-refractivity contribution in [3.63, 3.8) is 0 Å². The fraction of sp³-hybridized carbons (Fsp3) is 0.923. The first-order valence-electron chi connectivity index (χ1n) is 6.64. The van der Waals surface area contributed by atoms with Crippen LogP contribution in [-0.2, 0) is 4.79 Å². The van der Waals surface area contributed by atoms with Gasteiger partial charge >= 0.3 is 0 Å². The lowest BCUT2D eigenvalue weighted by Crippen LogP contribution is -2.45. The molecule has 1 aliphatic heterocycles. The zero-order valence-corrected chi connectivity index (χ0v) is 10.2. The molecule has 2 fully saturated rings. The standard InChI is InChI=1S/C13H23NO2/c1-10(15)8-12-4-2-3-7-14(12)13(16)9-11-5-6-11/h10-12,15H,2-9H2,1H3. The van der Waals surface area contributed by atoms with Crippen LogP contribution in [0.2, 0.25) is 0 Å². The van der Waals surface area contributed by atoms with Gasteiger partial charge in [0.25, 0.3) is 0 Å². The Balaban J connectivity index is 1.89. The van der Waals surface area contributed by atoms with Crippen molar-refractivity contribution < 1.29 is 9.90 Å². The highest BCUT2D eigenvalue weighted by Gasteiger charge is 2.31. The monoisotopic (exact) mass is 225 g/mol. The minimum Gasteiger partial charge on any atom is -0.393 e. The van der Waals surface area contributed by atoms with Gasteiger partial charge in [-0.3, -0.25) is 4.79 Å². The number of piperidine rings is 1. The Morgan fingerprint density at radius 3 is 2.75 bits per heavy atom. The third-order valence-corrected chi connectivity index (χ3v) is 3.72. The van der Waals surface area contributed by atoms with E-state index in [0.717, 1.165) is 32.2 Å². The molecule has 2 atom stereocenters. The summed E-state index contributed by atoms with van der Waals surface area (Å²) < 4.78 is 0. The molecule has 0 aromatic rings.